The van der Waals surface area contributed by atoms with Gasteiger partial charge in [0.1, 0.15) is 16.7 Å². The Balaban J connectivity index is 1.52. The molecule has 0 bridgehead atoms. The number of amides is 1. The number of halogens is 2. The highest BCUT2D eigenvalue weighted by atomic mass is 35.5. The zero-order valence-corrected chi connectivity index (χ0v) is 16.3. The van der Waals surface area contributed by atoms with Crippen molar-refractivity contribution in [3.05, 3.63) is 58.1 Å². The van der Waals surface area contributed by atoms with Gasteiger partial charge in [0.05, 0.1) is 17.3 Å². The molecule has 1 aromatic heterocycles. The highest BCUT2D eigenvalue weighted by Crippen LogP contribution is 2.29. The SMILES string of the molecule is Cc1ccc(C(=O)NC2CCC(CC(=O)c3cc(F)cnc3Cl)CC2)c(O)c1. The van der Waals surface area contributed by atoms with Gasteiger partial charge in [-0.3, -0.25) is 9.59 Å². The molecule has 0 radical (unpaired) electrons. The predicted octanol–water partition coefficient (Wildman–Crippen LogP) is 4.45. The molecule has 1 aliphatic carbocycles. The van der Waals surface area contributed by atoms with Crippen LogP contribution in [0.2, 0.25) is 5.15 Å². The Kier molecular flexibility index (Phi) is 6.29. The Morgan fingerprint density at radius 1 is 1.21 bits per heavy atom. The standard InChI is InChI=1S/C21H22ClFN2O3/c1-12-2-7-16(18(26)8-12)21(28)25-15-5-3-13(4-6-15)9-19(27)17-10-14(23)11-24-20(17)22/h2,7-8,10-11,13,15,26H,3-6,9H2,1H3,(H,25,28). The van der Waals surface area contributed by atoms with E-state index in [1.807, 2.05) is 6.92 Å². The van der Waals surface area contributed by atoms with Gasteiger partial charge in [-0.25, -0.2) is 9.37 Å². The van der Waals surface area contributed by atoms with Crippen LogP contribution in [0.15, 0.2) is 30.5 Å². The number of hydrogen-bond acceptors (Lipinski definition) is 4. The minimum Gasteiger partial charge on any atom is -0.507 e. The number of phenolic OH excluding ortho intramolecular Hbond substituents is 1. The number of aryl methyl sites for hydroxylation is 1. The lowest BCUT2D eigenvalue weighted by atomic mass is 9.82. The third kappa shape index (κ3) is 4.87. The summed E-state index contributed by atoms with van der Waals surface area (Å²) in [5.74, 6) is -0.965. The second kappa shape index (κ2) is 8.69. The summed E-state index contributed by atoms with van der Waals surface area (Å²) < 4.78 is 13.3. The van der Waals surface area contributed by atoms with Crippen LogP contribution in [0.4, 0.5) is 4.39 Å². The van der Waals surface area contributed by atoms with Gasteiger partial charge in [0.15, 0.2) is 5.78 Å². The summed E-state index contributed by atoms with van der Waals surface area (Å²) in [6, 6.07) is 6.07. The molecule has 3 rings (SSSR count). The van der Waals surface area contributed by atoms with Crippen molar-refractivity contribution >= 4 is 23.3 Å². The molecule has 0 aliphatic heterocycles. The van der Waals surface area contributed by atoms with Crippen molar-refractivity contribution in [2.45, 2.75) is 45.1 Å². The zero-order chi connectivity index (χ0) is 20.3. The van der Waals surface area contributed by atoms with Crippen molar-refractivity contribution in [1.29, 1.82) is 0 Å². The van der Waals surface area contributed by atoms with Gasteiger partial charge >= 0.3 is 0 Å². The molecule has 1 aliphatic rings. The number of pyridine rings is 1. The molecule has 0 unspecified atom stereocenters. The molecule has 1 saturated carbocycles. The summed E-state index contributed by atoms with van der Waals surface area (Å²) in [6.45, 7) is 1.84. The predicted molar refractivity (Wildman–Crippen MR) is 104 cm³/mol. The molecule has 2 N–H and O–H groups in total. The van der Waals surface area contributed by atoms with Crippen LogP contribution in [-0.2, 0) is 0 Å². The molecule has 1 aromatic carbocycles. The van der Waals surface area contributed by atoms with Crippen molar-refractivity contribution in [3.63, 3.8) is 0 Å². The Labute approximate surface area is 167 Å². The third-order valence-electron chi connectivity index (χ3n) is 5.16. The first kappa shape index (κ1) is 20.3. The fraction of sp³-hybridized carbons (Fsp3) is 0.381. The molecule has 2 aromatic rings. The van der Waals surface area contributed by atoms with Crippen molar-refractivity contribution in [1.82, 2.24) is 10.3 Å². The summed E-state index contributed by atoms with van der Waals surface area (Å²) >= 11 is 5.90. The fourth-order valence-electron chi connectivity index (χ4n) is 3.60. The number of carbonyl (C=O) groups is 2. The van der Waals surface area contributed by atoms with E-state index in [9.17, 15) is 19.1 Å². The van der Waals surface area contributed by atoms with Crippen molar-refractivity contribution in [2.75, 3.05) is 0 Å². The Bertz CT molecular complexity index is 895. The number of rotatable bonds is 5. The minimum atomic E-state index is -0.585. The van der Waals surface area contributed by atoms with Gasteiger partial charge in [0.25, 0.3) is 5.91 Å². The van der Waals surface area contributed by atoms with Crippen molar-refractivity contribution in [2.24, 2.45) is 5.92 Å². The Morgan fingerprint density at radius 2 is 1.93 bits per heavy atom. The summed E-state index contributed by atoms with van der Waals surface area (Å²) in [6.07, 6.45) is 4.30. The number of nitrogens with zero attached hydrogens (tertiary/aromatic N) is 1. The monoisotopic (exact) mass is 404 g/mol. The van der Waals surface area contributed by atoms with E-state index in [1.165, 1.54) is 0 Å². The summed E-state index contributed by atoms with van der Waals surface area (Å²) in [7, 11) is 0. The zero-order valence-electron chi connectivity index (χ0n) is 15.5. The highest BCUT2D eigenvalue weighted by Gasteiger charge is 2.26. The molecule has 1 fully saturated rings. The average Bonchev–Trinajstić information content (AvgIpc) is 2.65. The van der Waals surface area contributed by atoms with E-state index in [-0.39, 0.29) is 52.1 Å². The minimum absolute atomic E-state index is 0.000945. The number of phenols is 1. The number of hydrogen-bond donors (Lipinski definition) is 2. The van der Waals surface area contributed by atoms with Crippen LogP contribution in [0.1, 0.15) is 58.4 Å². The van der Waals surface area contributed by atoms with Crippen LogP contribution in [0.5, 0.6) is 5.75 Å². The molecule has 1 amide bonds. The highest BCUT2D eigenvalue weighted by molar-refractivity contribution is 6.32. The summed E-state index contributed by atoms with van der Waals surface area (Å²) in [5.41, 5.74) is 1.26. The lowest BCUT2D eigenvalue weighted by Crippen LogP contribution is -2.37. The van der Waals surface area contributed by atoms with Gasteiger partial charge in [0.2, 0.25) is 0 Å². The van der Waals surface area contributed by atoms with Gasteiger partial charge in [-0.15, -0.1) is 0 Å². The van der Waals surface area contributed by atoms with Crippen LogP contribution in [0, 0.1) is 18.7 Å². The number of aromatic nitrogens is 1. The van der Waals surface area contributed by atoms with Gasteiger partial charge in [0, 0.05) is 12.5 Å². The molecular weight excluding hydrogens is 383 g/mol. The smallest absolute Gasteiger partial charge is 0.255 e. The average molecular weight is 405 g/mol. The van der Waals surface area contributed by atoms with Crippen LogP contribution in [0.25, 0.3) is 0 Å². The molecule has 5 nitrogen and oxygen atoms in total. The van der Waals surface area contributed by atoms with E-state index in [2.05, 4.69) is 10.3 Å². The molecule has 1 heterocycles. The first-order valence-corrected chi connectivity index (χ1v) is 9.66. The van der Waals surface area contributed by atoms with Crippen LogP contribution >= 0.6 is 11.6 Å². The van der Waals surface area contributed by atoms with Crippen LogP contribution < -0.4 is 5.32 Å². The van der Waals surface area contributed by atoms with E-state index in [1.54, 1.807) is 18.2 Å². The number of Topliss-reactive ketones (excluding diaryl/α,β-unsaturated/α-hetero) is 1. The molecule has 0 atom stereocenters. The lowest BCUT2D eigenvalue weighted by molar-refractivity contribution is 0.0895. The second-order valence-corrected chi connectivity index (χ2v) is 7.69. The fourth-order valence-corrected chi connectivity index (χ4v) is 3.81. The molecular formula is C21H22ClFN2O3. The van der Waals surface area contributed by atoms with Crippen LogP contribution in [-0.4, -0.2) is 27.8 Å². The maximum absolute atomic E-state index is 13.3. The number of carbonyl (C=O) groups excluding carboxylic acids is 2. The maximum atomic E-state index is 13.3. The maximum Gasteiger partial charge on any atom is 0.255 e. The van der Waals surface area contributed by atoms with Gasteiger partial charge in [-0.1, -0.05) is 17.7 Å². The van der Waals surface area contributed by atoms with Gasteiger partial charge in [-0.2, -0.15) is 0 Å². The normalized spacial score (nSPS) is 19.2. The van der Waals surface area contributed by atoms with E-state index in [0.717, 1.165) is 43.5 Å². The molecule has 28 heavy (non-hydrogen) atoms. The molecule has 148 valence electrons. The molecule has 0 spiro atoms. The summed E-state index contributed by atoms with van der Waals surface area (Å²) in [5, 5.41) is 12.9. The van der Waals surface area contributed by atoms with Gasteiger partial charge < -0.3 is 10.4 Å². The van der Waals surface area contributed by atoms with Crippen LogP contribution in [0.3, 0.4) is 0 Å². The van der Waals surface area contributed by atoms with Gasteiger partial charge in [-0.05, 0) is 62.3 Å². The largest absolute Gasteiger partial charge is 0.507 e. The number of nitrogens with one attached hydrogen (secondary N) is 1. The topological polar surface area (TPSA) is 79.3 Å². The van der Waals surface area contributed by atoms with E-state index in [0.29, 0.717) is 0 Å². The molecule has 0 saturated heterocycles. The summed E-state index contributed by atoms with van der Waals surface area (Å²) in [4.78, 5) is 28.5. The van der Waals surface area contributed by atoms with E-state index in [4.69, 9.17) is 11.6 Å². The van der Waals surface area contributed by atoms with Crippen molar-refractivity contribution in [3.8, 4) is 5.75 Å². The lowest BCUT2D eigenvalue weighted by Gasteiger charge is -2.29. The third-order valence-corrected chi connectivity index (χ3v) is 5.46. The first-order chi connectivity index (χ1) is 13.3. The number of aromatic hydroxyl groups is 1. The second-order valence-electron chi connectivity index (χ2n) is 7.33. The number of benzene rings is 1. The first-order valence-electron chi connectivity index (χ1n) is 9.28. The van der Waals surface area contributed by atoms with Crippen molar-refractivity contribution < 1.29 is 19.1 Å². The molecule has 7 heteroatoms. The van der Waals surface area contributed by atoms with E-state index < -0.39 is 5.82 Å². The quantitative estimate of drug-likeness (QED) is 0.570. The Hall–Kier alpha value is -2.47. The van der Waals surface area contributed by atoms with E-state index >= 15 is 0 Å². The number of ketones is 1. The Morgan fingerprint density at radius 3 is 2.61 bits per heavy atom.